The third-order valence-electron chi connectivity index (χ3n) is 13.4. The van der Waals surface area contributed by atoms with Crippen LogP contribution in [0.25, 0.3) is 0 Å². The molecule has 3 fully saturated rings. The molecule has 4 atom stereocenters. The van der Waals surface area contributed by atoms with E-state index in [0.717, 1.165) is 43.6 Å². The molecule has 2 aliphatic heterocycles. The van der Waals surface area contributed by atoms with Crippen LogP contribution in [0.4, 0.5) is 0 Å². The predicted octanol–water partition coefficient (Wildman–Crippen LogP) is 6.40. The lowest BCUT2D eigenvalue weighted by Crippen LogP contribution is -2.74. The third kappa shape index (κ3) is 11.8. The Bertz CT molecular complexity index is 2220. The van der Waals surface area contributed by atoms with Crippen LogP contribution in [0, 0.1) is 27.6 Å². The van der Waals surface area contributed by atoms with Crippen LogP contribution in [-0.2, 0) is 20.8 Å². The lowest BCUT2D eigenvalue weighted by atomic mass is 9.49. The standard InChI is InChI=1S/C50H65Cl2N7O6/c1-31(33-15-18-36(51)19-16-33)54-44(63)40-26-37(60)29-59(40)45(64)42(48(2,3)4)55-41(61)30-58-24-22-57(23-25-58)21-9-10-32-11-13-34(14-12-32)43(62)56-46-49(5,6)47(50(46,7)8)65-38-20-17-35(28-53)39(52)27-38/h11-20,27,31,37,40,42,46-47,60H,9-10,21-26,29-30H2,1-8H3,(H,54,63)(H,55,61)(H,56,62)/t31-,37+,40-,42+,46-,47-/m0/s1. The zero-order valence-corrected chi connectivity index (χ0v) is 40.4. The number of hydrogen-bond donors (Lipinski definition) is 4. The maximum absolute atomic E-state index is 14.1. The molecule has 0 bridgehead atoms. The van der Waals surface area contributed by atoms with Gasteiger partial charge in [0.2, 0.25) is 17.7 Å². The summed E-state index contributed by atoms with van der Waals surface area (Å²) in [6.07, 6.45) is 0.880. The van der Waals surface area contributed by atoms with Crippen molar-refractivity contribution in [2.45, 2.75) is 111 Å². The number of aryl methyl sites for hydroxylation is 1. The number of halogens is 2. The molecule has 4 amide bonds. The van der Waals surface area contributed by atoms with Crippen molar-refractivity contribution in [2.75, 3.05) is 45.8 Å². The molecule has 3 aromatic rings. The highest BCUT2D eigenvalue weighted by atomic mass is 35.5. The van der Waals surface area contributed by atoms with Gasteiger partial charge >= 0.3 is 0 Å². The molecule has 1 aliphatic carbocycles. The first-order valence-corrected chi connectivity index (χ1v) is 23.4. The first-order chi connectivity index (χ1) is 30.6. The Balaban J connectivity index is 0.923. The van der Waals surface area contributed by atoms with Crippen LogP contribution >= 0.6 is 23.2 Å². The van der Waals surface area contributed by atoms with E-state index in [-0.39, 0.29) is 72.2 Å². The molecule has 13 nitrogen and oxygen atoms in total. The Morgan fingerprint density at radius 2 is 1.54 bits per heavy atom. The van der Waals surface area contributed by atoms with Gasteiger partial charge in [-0.25, -0.2) is 0 Å². The van der Waals surface area contributed by atoms with E-state index < -0.39 is 23.6 Å². The third-order valence-corrected chi connectivity index (χ3v) is 14.0. The fraction of sp³-hybridized carbons (Fsp3) is 0.540. The minimum absolute atomic E-state index is 0.00899. The Morgan fingerprint density at radius 3 is 2.14 bits per heavy atom. The molecular formula is C50H65Cl2N7O6. The van der Waals surface area contributed by atoms with E-state index in [2.05, 4.69) is 59.5 Å². The summed E-state index contributed by atoms with van der Waals surface area (Å²) >= 11 is 12.3. The van der Waals surface area contributed by atoms with Gasteiger partial charge in [-0.3, -0.25) is 24.1 Å². The van der Waals surface area contributed by atoms with E-state index in [1.807, 2.05) is 64.1 Å². The summed E-state index contributed by atoms with van der Waals surface area (Å²) in [6, 6.07) is 19.9. The largest absolute Gasteiger partial charge is 0.489 e. The van der Waals surface area contributed by atoms with Gasteiger partial charge in [0.1, 0.15) is 30.0 Å². The molecule has 3 aliphatic rings. The molecule has 65 heavy (non-hydrogen) atoms. The SMILES string of the molecule is C[C@H](NC(=O)[C@@H]1C[C@@H](O)CN1C(=O)[C@@H](NC(=O)CN1CCN(CCCc2ccc(C(=O)N[C@H]3C(C)(C)[C@H](Oc4ccc(C#N)c(Cl)c4)C3(C)C)cc2)CC1)C(C)(C)C)c1ccc(Cl)cc1. The summed E-state index contributed by atoms with van der Waals surface area (Å²) in [5.74, 6) is -0.550. The molecule has 4 N–H and O–H groups in total. The summed E-state index contributed by atoms with van der Waals surface area (Å²) in [5, 5.41) is 30.0. The average Bonchev–Trinajstić information content (AvgIpc) is 3.65. The Labute approximate surface area is 394 Å². The first kappa shape index (κ1) is 49.7. The summed E-state index contributed by atoms with van der Waals surface area (Å²) in [4.78, 5) is 60.4. The number of carbonyl (C=O) groups excluding carboxylic acids is 4. The van der Waals surface area contributed by atoms with E-state index >= 15 is 0 Å². The van der Waals surface area contributed by atoms with E-state index in [9.17, 15) is 29.5 Å². The molecule has 0 unspecified atom stereocenters. The van der Waals surface area contributed by atoms with E-state index in [1.54, 1.807) is 30.3 Å². The van der Waals surface area contributed by atoms with Crippen LogP contribution in [0.2, 0.25) is 10.0 Å². The lowest BCUT2D eigenvalue weighted by molar-refractivity contribution is -0.164. The Kier molecular flexibility index (Phi) is 15.6. The second-order valence-electron chi connectivity index (χ2n) is 20.3. The smallest absolute Gasteiger partial charge is 0.251 e. The normalized spacial score (nSPS) is 22.8. The van der Waals surface area contributed by atoms with Crippen LogP contribution in [0.15, 0.2) is 66.7 Å². The zero-order chi connectivity index (χ0) is 47.4. The minimum atomic E-state index is -0.897. The van der Waals surface area contributed by atoms with Gasteiger partial charge in [0.05, 0.1) is 29.3 Å². The van der Waals surface area contributed by atoms with Crippen molar-refractivity contribution in [3.8, 4) is 11.8 Å². The van der Waals surface area contributed by atoms with Gasteiger partial charge in [-0.2, -0.15) is 5.26 Å². The van der Waals surface area contributed by atoms with Crippen molar-refractivity contribution < 1.29 is 29.0 Å². The number of nitriles is 1. The lowest BCUT2D eigenvalue weighted by Gasteiger charge is -2.63. The number of hydrogen-bond acceptors (Lipinski definition) is 9. The van der Waals surface area contributed by atoms with Crippen LogP contribution in [0.1, 0.15) is 101 Å². The van der Waals surface area contributed by atoms with Crippen molar-refractivity contribution in [1.82, 2.24) is 30.7 Å². The summed E-state index contributed by atoms with van der Waals surface area (Å²) < 4.78 is 6.37. The van der Waals surface area contributed by atoms with Crippen molar-refractivity contribution in [3.05, 3.63) is 99.0 Å². The second kappa shape index (κ2) is 20.4. The number of aliphatic hydroxyl groups excluding tert-OH is 1. The van der Waals surface area contributed by atoms with Crippen LogP contribution in [-0.4, -0.2) is 120 Å². The molecule has 0 radical (unpaired) electrons. The number of β-amino-alcohol motifs (C(OH)–C–C–N with tert-alkyl or cyclic N) is 1. The van der Waals surface area contributed by atoms with Crippen LogP contribution < -0.4 is 20.7 Å². The maximum Gasteiger partial charge on any atom is 0.251 e. The van der Waals surface area contributed by atoms with Crippen molar-refractivity contribution in [2.24, 2.45) is 16.2 Å². The van der Waals surface area contributed by atoms with Gasteiger partial charge in [-0.15, -0.1) is 0 Å². The van der Waals surface area contributed by atoms with Crippen molar-refractivity contribution in [3.63, 3.8) is 0 Å². The average molecular weight is 931 g/mol. The quantitative estimate of drug-likeness (QED) is 0.135. The fourth-order valence-corrected chi connectivity index (χ4v) is 10.3. The predicted molar refractivity (Wildman–Crippen MR) is 253 cm³/mol. The number of benzene rings is 3. The van der Waals surface area contributed by atoms with Crippen LogP contribution in [0.5, 0.6) is 5.75 Å². The number of piperazine rings is 1. The first-order valence-electron chi connectivity index (χ1n) is 22.6. The topological polar surface area (TPSA) is 167 Å². The van der Waals surface area contributed by atoms with Gasteiger partial charge in [-0.1, -0.05) is 95.9 Å². The number of nitrogens with one attached hydrogen (secondary N) is 3. The van der Waals surface area contributed by atoms with Crippen molar-refractivity contribution >= 4 is 46.8 Å². The van der Waals surface area contributed by atoms with E-state index in [0.29, 0.717) is 40.0 Å². The monoisotopic (exact) mass is 929 g/mol. The zero-order valence-electron chi connectivity index (χ0n) is 38.9. The minimum Gasteiger partial charge on any atom is -0.489 e. The fourth-order valence-electron chi connectivity index (χ4n) is 9.99. The maximum atomic E-state index is 14.1. The number of rotatable bonds is 15. The molecule has 2 heterocycles. The highest BCUT2D eigenvalue weighted by Crippen LogP contribution is 2.55. The Hall–Kier alpha value is -4.71. The summed E-state index contributed by atoms with van der Waals surface area (Å²) in [7, 11) is 0. The molecule has 3 aromatic carbocycles. The molecular weight excluding hydrogens is 865 g/mol. The highest BCUT2D eigenvalue weighted by molar-refractivity contribution is 6.31. The number of aliphatic hydroxyl groups is 1. The Morgan fingerprint density at radius 1 is 0.908 bits per heavy atom. The molecule has 0 aromatic heterocycles. The van der Waals surface area contributed by atoms with Gasteiger partial charge in [0, 0.05) is 72.7 Å². The molecule has 0 spiro atoms. The van der Waals surface area contributed by atoms with Gasteiger partial charge in [-0.05, 0) is 79.3 Å². The number of amides is 4. The number of likely N-dealkylation sites (tertiary alicyclic amines) is 1. The van der Waals surface area contributed by atoms with E-state index in [1.165, 1.54) is 4.90 Å². The molecule has 15 heteroatoms. The van der Waals surface area contributed by atoms with Crippen molar-refractivity contribution in [1.29, 1.82) is 5.26 Å². The number of carbonyl (C=O) groups is 4. The molecule has 1 saturated carbocycles. The number of nitrogens with zero attached hydrogens (tertiary/aromatic N) is 4. The molecule has 2 saturated heterocycles. The van der Waals surface area contributed by atoms with Gasteiger partial charge < -0.3 is 35.6 Å². The second-order valence-corrected chi connectivity index (χ2v) is 21.1. The highest BCUT2D eigenvalue weighted by Gasteiger charge is 2.64. The molecule has 6 rings (SSSR count). The van der Waals surface area contributed by atoms with Gasteiger partial charge in [0.15, 0.2) is 0 Å². The summed E-state index contributed by atoms with van der Waals surface area (Å²) in [5.41, 5.74) is 1.63. The molecule has 350 valence electrons. The van der Waals surface area contributed by atoms with Crippen LogP contribution in [0.3, 0.4) is 0 Å². The summed E-state index contributed by atoms with van der Waals surface area (Å²) in [6.45, 7) is 19.9. The van der Waals surface area contributed by atoms with E-state index in [4.69, 9.17) is 27.9 Å². The number of ether oxygens (including phenoxy) is 1. The van der Waals surface area contributed by atoms with Gasteiger partial charge in [0.25, 0.3) is 5.91 Å².